The minimum atomic E-state index is -0.845. The second-order valence-corrected chi connectivity index (χ2v) is 3.73. The minimum absolute atomic E-state index is 0.239. The Morgan fingerprint density at radius 2 is 2.06 bits per heavy atom. The maximum Gasteiger partial charge on any atom is 0.183 e. The lowest BCUT2D eigenvalue weighted by Crippen LogP contribution is -2.15. The first-order valence-corrected chi connectivity index (χ1v) is 5.16. The molecular formula is C11H11ClF2O2. The van der Waals surface area contributed by atoms with Crippen molar-refractivity contribution in [3.05, 3.63) is 29.3 Å². The van der Waals surface area contributed by atoms with Gasteiger partial charge in [0.25, 0.3) is 0 Å². The number of rotatable bonds is 4. The molecule has 0 bridgehead atoms. The first-order valence-electron chi connectivity index (χ1n) is 4.72. The first kappa shape index (κ1) is 12.9. The Morgan fingerprint density at radius 1 is 1.44 bits per heavy atom. The van der Waals surface area contributed by atoms with Crippen LogP contribution in [0.4, 0.5) is 8.78 Å². The summed E-state index contributed by atoms with van der Waals surface area (Å²) in [4.78, 5) is 11.6. The topological polar surface area (TPSA) is 26.3 Å². The molecule has 0 spiro atoms. The molecule has 16 heavy (non-hydrogen) atoms. The SMILES string of the molecule is CCC(Cl)C(=O)c1cc(F)c(OC)cc1F. The molecule has 0 aromatic heterocycles. The molecule has 1 rings (SSSR count). The highest BCUT2D eigenvalue weighted by Gasteiger charge is 2.21. The van der Waals surface area contributed by atoms with Crippen LogP contribution in [0.1, 0.15) is 23.7 Å². The van der Waals surface area contributed by atoms with Crippen molar-refractivity contribution in [3.63, 3.8) is 0 Å². The molecule has 0 aliphatic heterocycles. The van der Waals surface area contributed by atoms with Gasteiger partial charge in [-0.15, -0.1) is 11.6 Å². The fourth-order valence-electron chi connectivity index (χ4n) is 1.23. The van der Waals surface area contributed by atoms with E-state index in [1.807, 2.05) is 0 Å². The van der Waals surface area contributed by atoms with E-state index in [4.69, 9.17) is 11.6 Å². The maximum atomic E-state index is 13.4. The fourth-order valence-corrected chi connectivity index (χ4v) is 1.35. The Bertz CT molecular complexity index is 407. The van der Waals surface area contributed by atoms with Crippen LogP contribution in [-0.2, 0) is 0 Å². The van der Waals surface area contributed by atoms with E-state index >= 15 is 0 Å². The van der Waals surface area contributed by atoms with Gasteiger partial charge in [-0.2, -0.15) is 0 Å². The molecule has 0 amide bonds. The molecule has 1 unspecified atom stereocenters. The van der Waals surface area contributed by atoms with E-state index in [1.54, 1.807) is 6.92 Å². The van der Waals surface area contributed by atoms with Crippen molar-refractivity contribution < 1.29 is 18.3 Å². The third-order valence-corrected chi connectivity index (χ3v) is 2.66. The molecule has 0 aliphatic rings. The summed E-state index contributed by atoms with van der Waals surface area (Å²) in [6, 6.07) is 1.64. The lowest BCUT2D eigenvalue weighted by Gasteiger charge is -2.08. The molecule has 0 fully saturated rings. The molecule has 1 aromatic carbocycles. The van der Waals surface area contributed by atoms with Crippen LogP contribution in [0, 0.1) is 11.6 Å². The number of halogens is 3. The van der Waals surface area contributed by atoms with Crippen molar-refractivity contribution in [3.8, 4) is 5.75 Å². The van der Waals surface area contributed by atoms with Crippen molar-refractivity contribution in [2.45, 2.75) is 18.7 Å². The summed E-state index contributed by atoms with van der Waals surface area (Å²) in [5.74, 6) is -2.48. The predicted octanol–water partition coefficient (Wildman–Crippen LogP) is 3.17. The van der Waals surface area contributed by atoms with E-state index in [-0.39, 0.29) is 11.3 Å². The average Bonchev–Trinajstić information content (AvgIpc) is 2.29. The van der Waals surface area contributed by atoms with Crippen LogP contribution >= 0.6 is 11.6 Å². The lowest BCUT2D eigenvalue weighted by molar-refractivity contribution is 0.0981. The molecule has 0 aliphatic carbocycles. The molecule has 1 aromatic rings. The Balaban J connectivity index is 3.16. The molecular weight excluding hydrogens is 238 g/mol. The van der Waals surface area contributed by atoms with Crippen molar-refractivity contribution in [2.24, 2.45) is 0 Å². The third kappa shape index (κ3) is 2.50. The Hall–Kier alpha value is -1.16. The Kier molecular flexibility index (Phi) is 4.24. The van der Waals surface area contributed by atoms with Gasteiger partial charge >= 0.3 is 0 Å². The third-order valence-electron chi connectivity index (χ3n) is 2.15. The number of hydrogen-bond donors (Lipinski definition) is 0. The summed E-state index contributed by atoms with van der Waals surface area (Å²) in [6.07, 6.45) is 0.355. The van der Waals surface area contributed by atoms with Gasteiger partial charge in [0, 0.05) is 6.07 Å². The average molecular weight is 249 g/mol. The summed E-state index contributed by atoms with van der Waals surface area (Å²) in [7, 11) is 1.22. The van der Waals surface area contributed by atoms with Crippen LogP contribution in [0.3, 0.4) is 0 Å². The normalized spacial score (nSPS) is 12.3. The molecule has 5 heteroatoms. The highest BCUT2D eigenvalue weighted by molar-refractivity contribution is 6.33. The van der Waals surface area contributed by atoms with E-state index in [0.29, 0.717) is 6.42 Å². The van der Waals surface area contributed by atoms with E-state index in [9.17, 15) is 13.6 Å². The summed E-state index contributed by atoms with van der Waals surface area (Å²) < 4.78 is 31.3. The first-order chi connectivity index (χ1) is 7.51. The summed E-state index contributed by atoms with van der Waals surface area (Å²) >= 11 is 5.68. The largest absolute Gasteiger partial charge is 0.494 e. The quantitative estimate of drug-likeness (QED) is 0.604. The van der Waals surface area contributed by atoms with Gasteiger partial charge in [-0.05, 0) is 12.5 Å². The standard InChI is InChI=1S/C11H11ClF2O2/c1-3-7(12)11(15)6-4-9(14)10(16-2)5-8(6)13/h4-5,7H,3H2,1-2H3. The zero-order chi connectivity index (χ0) is 12.3. The molecule has 0 N–H and O–H groups in total. The highest BCUT2D eigenvalue weighted by Crippen LogP contribution is 2.23. The summed E-state index contributed by atoms with van der Waals surface area (Å²) in [5, 5.41) is -0.845. The van der Waals surface area contributed by atoms with Gasteiger partial charge in [0.2, 0.25) is 0 Å². The van der Waals surface area contributed by atoms with Crippen molar-refractivity contribution in [2.75, 3.05) is 7.11 Å². The van der Waals surface area contributed by atoms with Gasteiger partial charge in [0.05, 0.1) is 18.1 Å². The van der Waals surface area contributed by atoms with Crippen LogP contribution in [0.5, 0.6) is 5.75 Å². The van der Waals surface area contributed by atoms with Gasteiger partial charge in [-0.25, -0.2) is 8.78 Å². The van der Waals surface area contributed by atoms with E-state index in [0.717, 1.165) is 12.1 Å². The smallest absolute Gasteiger partial charge is 0.183 e. The van der Waals surface area contributed by atoms with Gasteiger partial charge in [0.1, 0.15) is 5.82 Å². The number of alkyl halides is 1. The van der Waals surface area contributed by atoms with Gasteiger partial charge in [-0.3, -0.25) is 4.79 Å². The molecule has 0 heterocycles. The van der Waals surface area contributed by atoms with Crippen molar-refractivity contribution in [1.29, 1.82) is 0 Å². The number of Topliss-reactive ketones (excluding diaryl/α,β-unsaturated/α-hetero) is 1. The number of methoxy groups -OCH3 is 1. The molecule has 1 atom stereocenters. The Morgan fingerprint density at radius 3 is 2.56 bits per heavy atom. The number of ether oxygens (including phenoxy) is 1. The number of hydrogen-bond acceptors (Lipinski definition) is 2. The van der Waals surface area contributed by atoms with Crippen LogP contribution in [0.25, 0.3) is 0 Å². The molecule has 0 saturated heterocycles. The predicted molar refractivity (Wildman–Crippen MR) is 57.2 cm³/mol. The molecule has 0 radical (unpaired) electrons. The second-order valence-electron chi connectivity index (χ2n) is 3.21. The molecule has 88 valence electrons. The van der Waals surface area contributed by atoms with Gasteiger partial charge in [0.15, 0.2) is 17.3 Å². The minimum Gasteiger partial charge on any atom is -0.494 e. The molecule has 0 saturated carbocycles. The number of ketones is 1. The number of carbonyl (C=O) groups excluding carboxylic acids is 1. The molecule has 2 nitrogen and oxygen atoms in total. The monoisotopic (exact) mass is 248 g/mol. The number of benzene rings is 1. The fraction of sp³-hybridized carbons (Fsp3) is 0.364. The van der Waals surface area contributed by atoms with Crippen LogP contribution < -0.4 is 4.74 Å². The zero-order valence-electron chi connectivity index (χ0n) is 8.89. The van der Waals surface area contributed by atoms with Crippen LogP contribution in [0.15, 0.2) is 12.1 Å². The van der Waals surface area contributed by atoms with E-state index < -0.39 is 22.8 Å². The van der Waals surface area contributed by atoms with E-state index in [2.05, 4.69) is 4.74 Å². The van der Waals surface area contributed by atoms with Crippen molar-refractivity contribution >= 4 is 17.4 Å². The number of carbonyl (C=O) groups is 1. The highest BCUT2D eigenvalue weighted by atomic mass is 35.5. The summed E-state index contributed by atoms with van der Waals surface area (Å²) in [5.41, 5.74) is -0.347. The maximum absolute atomic E-state index is 13.4. The van der Waals surface area contributed by atoms with Gasteiger partial charge in [-0.1, -0.05) is 6.92 Å². The lowest BCUT2D eigenvalue weighted by atomic mass is 10.1. The van der Waals surface area contributed by atoms with Crippen LogP contribution in [0.2, 0.25) is 0 Å². The second kappa shape index (κ2) is 5.25. The zero-order valence-corrected chi connectivity index (χ0v) is 9.65. The summed E-state index contributed by atoms with van der Waals surface area (Å²) in [6.45, 7) is 1.69. The van der Waals surface area contributed by atoms with Crippen LogP contribution in [-0.4, -0.2) is 18.3 Å². The van der Waals surface area contributed by atoms with Gasteiger partial charge < -0.3 is 4.74 Å². The Labute approximate surface area is 97.2 Å². The van der Waals surface area contributed by atoms with E-state index in [1.165, 1.54) is 7.11 Å². The van der Waals surface area contributed by atoms with Crippen molar-refractivity contribution in [1.82, 2.24) is 0 Å².